The first-order valence-electron chi connectivity index (χ1n) is 12.8. The summed E-state index contributed by atoms with van der Waals surface area (Å²) in [5, 5.41) is 0. The van der Waals surface area contributed by atoms with Gasteiger partial charge in [-0.25, -0.2) is 9.79 Å². The molecule has 0 unspecified atom stereocenters. The fourth-order valence-electron chi connectivity index (χ4n) is 4.61. The zero-order valence-electron chi connectivity index (χ0n) is 22.6. The Kier molecular flexibility index (Phi) is 9.50. The molecule has 1 aliphatic rings. The van der Waals surface area contributed by atoms with Gasteiger partial charge >= 0.3 is 5.97 Å². The fourth-order valence-corrected chi connectivity index (χ4v) is 7.74. The topological polar surface area (TPSA) is 79.1 Å². The van der Waals surface area contributed by atoms with Crippen molar-refractivity contribution in [1.29, 1.82) is 0 Å². The maximum Gasteiger partial charge on any atom is 0.338 e. The van der Waals surface area contributed by atoms with Crippen molar-refractivity contribution in [3.05, 3.63) is 116 Å². The average Bonchev–Trinajstić information content (AvgIpc) is 3.30. The van der Waals surface area contributed by atoms with Crippen LogP contribution in [-0.2, 0) is 9.53 Å². The van der Waals surface area contributed by atoms with Gasteiger partial charge in [-0.2, -0.15) is 0 Å². The molecule has 0 saturated heterocycles. The summed E-state index contributed by atoms with van der Waals surface area (Å²) < 4.78 is 20.4. The second-order valence-corrected chi connectivity index (χ2v) is 12.3. The Balaban J connectivity index is 1.76. The van der Waals surface area contributed by atoms with E-state index in [-0.39, 0.29) is 18.8 Å². The van der Waals surface area contributed by atoms with E-state index in [2.05, 4.69) is 51.1 Å². The lowest BCUT2D eigenvalue weighted by Crippen LogP contribution is -2.40. The molecule has 42 heavy (non-hydrogen) atoms. The molecular formula is C32H24I2N2O5S. The predicted molar refractivity (Wildman–Crippen MR) is 180 cm³/mol. The Labute approximate surface area is 273 Å². The molecular weight excluding hydrogens is 778 g/mol. The predicted octanol–water partition coefficient (Wildman–Crippen LogP) is 5.17. The minimum absolute atomic E-state index is 0.169. The molecule has 0 N–H and O–H groups in total. The van der Waals surface area contributed by atoms with Gasteiger partial charge in [-0.1, -0.05) is 59.7 Å². The van der Waals surface area contributed by atoms with E-state index < -0.39 is 12.0 Å². The number of carbonyl (C=O) groups excluding carboxylic acids is 1. The molecule has 0 aliphatic carbocycles. The van der Waals surface area contributed by atoms with Gasteiger partial charge in [0.2, 0.25) is 0 Å². The number of nitrogens with zero attached hydrogens (tertiary/aromatic N) is 2. The number of rotatable bonds is 8. The number of benzene rings is 3. The van der Waals surface area contributed by atoms with Crippen molar-refractivity contribution < 1.29 is 19.0 Å². The van der Waals surface area contributed by atoms with Crippen LogP contribution in [0.2, 0.25) is 0 Å². The van der Waals surface area contributed by atoms with Crippen molar-refractivity contribution >= 4 is 74.3 Å². The minimum Gasteiger partial charge on any atom is -0.497 e. The molecule has 3 aromatic carbocycles. The number of esters is 1. The summed E-state index contributed by atoms with van der Waals surface area (Å²) >= 11 is 5.67. The van der Waals surface area contributed by atoms with Crippen molar-refractivity contribution in [2.75, 3.05) is 20.3 Å². The van der Waals surface area contributed by atoms with E-state index in [4.69, 9.17) is 25.6 Å². The zero-order chi connectivity index (χ0) is 29.8. The number of methoxy groups -OCH3 is 1. The largest absolute Gasteiger partial charge is 0.497 e. The molecule has 1 aromatic heterocycles. The van der Waals surface area contributed by atoms with Gasteiger partial charge in [0.25, 0.3) is 5.56 Å². The monoisotopic (exact) mass is 802 g/mol. The lowest BCUT2D eigenvalue weighted by atomic mass is 9.93. The smallest absolute Gasteiger partial charge is 0.338 e. The summed E-state index contributed by atoms with van der Waals surface area (Å²) in [5.41, 5.74) is 2.83. The molecule has 0 bridgehead atoms. The lowest BCUT2D eigenvalue weighted by molar-refractivity contribution is -0.138. The SMILES string of the molecule is C#CCOc1c(I)cc(/C=c2\sc3n(c2=O)[C@H](c2ccc(OC)cc2)C(C(=O)OCC)=C(c2ccccc2)N=3)cc1I. The first-order valence-corrected chi connectivity index (χ1v) is 15.8. The fraction of sp³-hybridized carbons (Fsp3) is 0.156. The highest BCUT2D eigenvalue weighted by Crippen LogP contribution is 2.36. The summed E-state index contributed by atoms with van der Waals surface area (Å²) in [4.78, 5) is 33.1. The van der Waals surface area contributed by atoms with Crippen LogP contribution in [0.4, 0.5) is 0 Å². The molecule has 2 heterocycles. The average molecular weight is 802 g/mol. The van der Waals surface area contributed by atoms with Gasteiger partial charge in [0.15, 0.2) is 4.80 Å². The van der Waals surface area contributed by atoms with Crippen LogP contribution in [0.3, 0.4) is 0 Å². The number of fused-ring (bicyclic) bond motifs is 1. The van der Waals surface area contributed by atoms with Crippen LogP contribution in [-0.4, -0.2) is 30.9 Å². The molecule has 7 nitrogen and oxygen atoms in total. The Morgan fingerprint density at radius 2 is 1.81 bits per heavy atom. The Morgan fingerprint density at radius 3 is 2.43 bits per heavy atom. The molecule has 1 atom stereocenters. The molecule has 4 aromatic rings. The van der Waals surface area contributed by atoms with Gasteiger partial charge in [-0.05, 0) is 93.6 Å². The van der Waals surface area contributed by atoms with Crippen LogP contribution < -0.4 is 24.4 Å². The second kappa shape index (κ2) is 13.3. The molecule has 0 fully saturated rings. The number of thiazole rings is 1. The number of ether oxygens (including phenoxy) is 3. The highest BCUT2D eigenvalue weighted by Gasteiger charge is 2.35. The van der Waals surface area contributed by atoms with Crippen molar-refractivity contribution in [3.63, 3.8) is 0 Å². The number of hydrogen-bond donors (Lipinski definition) is 0. The molecule has 212 valence electrons. The van der Waals surface area contributed by atoms with Gasteiger partial charge in [0, 0.05) is 5.56 Å². The molecule has 1 aliphatic heterocycles. The van der Waals surface area contributed by atoms with Crippen molar-refractivity contribution in [2.45, 2.75) is 13.0 Å². The van der Waals surface area contributed by atoms with E-state index in [9.17, 15) is 9.59 Å². The van der Waals surface area contributed by atoms with Crippen LogP contribution in [0.25, 0.3) is 11.8 Å². The quantitative estimate of drug-likeness (QED) is 0.140. The third-order valence-corrected chi connectivity index (χ3v) is 9.01. The number of carbonyl (C=O) groups is 1. The van der Waals surface area contributed by atoms with Crippen LogP contribution in [0.5, 0.6) is 11.5 Å². The lowest BCUT2D eigenvalue weighted by Gasteiger charge is -2.26. The van der Waals surface area contributed by atoms with Crippen molar-refractivity contribution in [2.24, 2.45) is 4.99 Å². The van der Waals surface area contributed by atoms with Crippen LogP contribution in [0.15, 0.2) is 82.1 Å². The second-order valence-electron chi connectivity index (χ2n) is 9.01. The Hall–Kier alpha value is -3.41. The highest BCUT2D eigenvalue weighted by molar-refractivity contribution is 14.1. The zero-order valence-corrected chi connectivity index (χ0v) is 27.7. The summed E-state index contributed by atoms with van der Waals surface area (Å²) in [7, 11) is 1.59. The van der Waals surface area contributed by atoms with Crippen molar-refractivity contribution in [1.82, 2.24) is 4.57 Å². The molecule has 0 saturated carbocycles. The first-order chi connectivity index (χ1) is 20.4. The number of terminal acetylenes is 1. The summed E-state index contributed by atoms with van der Waals surface area (Å²) in [6.45, 7) is 2.11. The van der Waals surface area contributed by atoms with Gasteiger partial charge in [0.1, 0.15) is 18.1 Å². The van der Waals surface area contributed by atoms with Crippen LogP contribution in [0, 0.1) is 19.5 Å². The Morgan fingerprint density at radius 1 is 1.12 bits per heavy atom. The maximum absolute atomic E-state index is 14.1. The Bertz CT molecular complexity index is 1880. The van der Waals surface area contributed by atoms with E-state index in [1.807, 2.05) is 72.8 Å². The molecule has 5 rings (SSSR count). The van der Waals surface area contributed by atoms with Gasteiger partial charge in [0.05, 0.1) is 42.7 Å². The van der Waals surface area contributed by atoms with Gasteiger partial charge in [-0.15, -0.1) is 6.42 Å². The molecule has 0 radical (unpaired) electrons. The normalized spacial score (nSPS) is 14.5. The molecule has 10 heteroatoms. The minimum atomic E-state index is -0.761. The maximum atomic E-state index is 14.1. The van der Waals surface area contributed by atoms with E-state index in [0.717, 1.165) is 23.8 Å². The number of hydrogen-bond acceptors (Lipinski definition) is 7. The number of aromatic nitrogens is 1. The summed E-state index contributed by atoms with van der Waals surface area (Å²) in [6.07, 6.45) is 7.20. The van der Waals surface area contributed by atoms with Crippen molar-refractivity contribution in [3.8, 4) is 23.8 Å². The highest BCUT2D eigenvalue weighted by atomic mass is 127. The molecule has 0 spiro atoms. The third-order valence-electron chi connectivity index (χ3n) is 6.42. The van der Waals surface area contributed by atoms with E-state index in [1.54, 1.807) is 18.6 Å². The van der Waals surface area contributed by atoms with Crippen LogP contribution in [0.1, 0.15) is 29.7 Å². The van der Waals surface area contributed by atoms with Gasteiger partial charge in [-0.3, -0.25) is 9.36 Å². The summed E-state index contributed by atoms with van der Waals surface area (Å²) in [5.74, 6) is 3.33. The van der Waals surface area contributed by atoms with E-state index in [1.165, 1.54) is 11.3 Å². The third kappa shape index (κ3) is 6.04. The van der Waals surface area contributed by atoms with E-state index in [0.29, 0.717) is 32.1 Å². The standard InChI is InChI=1S/C32H24I2N2O5S/c1-4-15-41-29-23(33)16-19(17-24(29)34)18-25-30(37)36-28(21-11-13-22(39-3)14-12-21)26(31(38)40-5-2)27(35-32(36)42-25)20-9-7-6-8-10-20/h1,6-14,16-18,28H,5,15H2,2-3H3/b25-18-/t28-/m1/s1. The first kappa shape index (κ1) is 30.1. The molecule has 0 amide bonds. The van der Waals surface area contributed by atoms with Gasteiger partial charge < -0.3 is 14.2 Å². The summed E-state index contributed by atoms with van der Waals surface area (Å²) in [6, 6.07) is 19.9. The van der Waals surface area contributed by atoms with Crippen LogP contribution >= 0.6 is 56.5 Å². The number of halogens is 2. The van der Waals surface area contributed by atoms with E-state index >= 15 is 0 Å².